The number of halogens is 1. The summed E-state index contributed by atoms with van der Waals surface area (Å²) < 4.78 is 0. The molecular weight excluding hydrogens is 312 g/mol. The zero-order valence-electron chi connectivity index (χ0n) is 15.2. The van der Waals surface area contributed by atoms with E-state index in [0.29, 0.717) is 0 Å². The third-order valence-corrected chi connectivity index (χ3v) is 6.78. The van der Waals surface area contributed by atoms with Crippen molar-refractivity contribution in [2.45, 2.75) is 77.0 Å². The lowest BCUT2D eigenvalue weighted by atomic mass is 9.74. The zero-order valence-corrected chi connectivity index (χ0v) is 16.0. The van der Waals surface area contributed by atoms with Gasteiger partial charge in [-0.05, 0) is 99.7 Å². The van der Waals surface area contributed by atoms with E-state index in [1.54, 1.807) is 0 Å². The summed E-state index contributed by atoms with van der Waals surface area (Å²) in [5.41, 5.74) is 1.50. The second-order valence-electron chi connectivity index (χ2n) is 8.15. The van der Waals surface area contributed by atoms with E-state index in [9.17, 15) is 0 Å². The number of rotatable bonds is 5. The molecule has 2 aliphatic rings. The van der Waals surface area contributed by atoms with E-state index in [-0.39, 0.29) is 0 Å². The van der Waals surface area contributed by atoms with Crippen molar-refractivity contribution in [1.29, 1.82) is 0 Å². The molecule has 0 heterocycles. The maximum atomic E-state index is 6.01. The highest BCUT2D eigenvalue weighted by Crippen LogP contribution is 2.40. The van der Waals surface area contributed by atoms with Gasteiger partial charge in [-0.1, -0.05) is 48.7 Å². The molecule has 0 atom stereocenters. The molecule has 24 heavy (non-hydrogen) atoms. The molecule has 0 amide bonds. The average Bonchev–Trinajstić information content (AvgIpc) is 2.63. The minimum Gasteiger partial charge on any atom is -0.0914 e. The normalized spacial score (nSPS) is 31.4. The van der Waals surface area contributed by atoms with E-state index in [1.165, 1.54) is 69.8 Å². The van der Waals surface area contributed by atoms with Crippen LogP contribution < -0.4 is 0 Å². The predicted molar refractivity (Wildman–Crippen MR) is 106 cm³/mol. The van der Waals surface area contributed by atoms with E-state index in [1.807, 2.05) is 12.1 Å². The SMILES string of the molecule is C/C=C/[C@H]1CC[C@H](CC[C@H]2CC[C@H](c3ccc(Cl)cc3)CC2)CC1. The van der Waals surface area contributed by atoms with Gasteiger partial charge in [-0.25, -0.2) is 0 Å². The fraction of sp³-hybridized carbons (Fsp3) is 0.652. The van der Waals surface area contributed by atoms with Crippen LogP contribution in [-0.4, -0.2) is 0 Å². The molecule has 0 radical (unpaired) electrons. The standard InChI is InChI=1S/C23H33Cl/c1-2-3-18-4-6-19(7-5-18)8-9-20-10-12-21(13-11-20)22-14-16-23(24)17-15-22/h2-3,14-21H,4-13H2,1H3/b3-2+/t18-,19-,20-,21-. The van der Waals surface area contributed by atoms with Crippen molar-refractivity contribution in [3.8, 4) is 0 Å². The van der Waals surface area contributed by atoms with Crippen LogP contribution >= 0.6 is 11.6 Å². The molecular formula is C23H33Cl. The highest BCUT2D eigenvalue weighted by molar-refractivity contribution is 6.30. The Balaban J connectivity index is 1.36. The van der Waals surface area contributed by atoms with Crippen LogP contribution in [0.3, 0.4) is 0 Å². The first-order valence-corrected chi connectivity index (χ1v) is 10.5. The first-order chi connectivity index (χ1) is 11.7. The Hall–Kier alpha value is -0.750. The Morgan fingerprint density at radius 2 is 1.38 bits per heavy atom. The molecule has 2 saturated carbocycles. The summed E-state index contributed by atoms with van der Waals surface area (Å²) in [6.07, 6.45) is 19.0. The second kappa shape index (κ2) is 9.09. The maximum absolute atomic E-state index is 6.01. The van der Waals surface area contributed by atoms with E-state index in [0.717, 1.165) is 28.7 Å². The van der Waals surface area contributed by atoms with Gasteiger partial charge in [0.2, 0.25) is 0 Å². The Kier molecular flexibility index (Phi) is 6.84. The molecule has 0 saturated heterocycles. The third-order valence-electron chi connectivity index (χ3n) is 6.53. The number of benzene rings is 1. The van der Waals surface area contributed by atoms with Crippen LogP contribution in [0.2, 0.25) is 5.02 Å². The fourth-order valence-corrected chi connectivity index (χ4v) is 5.06. The minimum atomic E-state index is 0.773. The Morgan fingerprint density at radius 1 is 0.833 bits per heavy atom. The Bertz CT molecular complexity index is 499. The Morgan fingerprint density at radius 3 is 1.92 bits per heavy atom. The van der Waals surface area contributed by atoms with Gasteiger partial charge in [0.25, 0.3) is 0 Å². The largest absolute Gasteiger partial charge is 0.0914 e. The monoisotopic (exact) mass is 344 g/mol. The first-order valence-electron chi connectivity index (χ1n) is 10.1. The molecule has 1 aromatic rings. The quantitative estimate of drug-likeness (QED) is 0.478. The molecule has 2 fully saturated rings. The van der Waals surface area contributed by atoms with Crippen molar-refractivity contribution in [3.63, 3.8) is 0 Å². The van der Waals surface area contributed by atoms with Crippen molar-refractivity contribution in [2.24, 2.45) is 17.8 Å². The van der Waals surface area contributed by atoms with Crippen LogP contribution in [0.1, 0.15) is 82.6 Å². The van der Waals surface area contributed by atoms with E-state index in [4.69, 9.17) is 11.6 Å². The van der Waals surface area contributed by atoms with Crippen molar-refractivity contribution in [3.05, 3.63) is 47.0 Å². The van der Waals surface area contributed by atoms with Crippen LogP contribution in [0.5, 0.6) is 0 Å². The summed E-state index contributed by atoms with van der Waals surface area (Å²) >= 11 is 6.01. The highest BCUT2D eigenvalue weighted by atomic mass is 35.5. The second-order valence-corrected chi connectivity index (χ2v) is 8.59. The highest BCUT2D eigenvalue weighted by Gasteiger charge is 2.24. The molecule has 0 aromatic heterocycles. The molecule has 0 spiro atoms. The molecule has 0 aliphatic heterocycles. The predicted octanol–water partition coefficient (Wildman–Crippen LogP) is 7.78. The molecule has 2 aliphatic carbocycles. The summed E-state index contributed by atoms with van der Waals surface area (Å²) in [4.78, 5) is 0. The van der Waals surface area contributed by atoms with Gasteiger partial charge in [0, 0.05) is 5.02 Å². The molecule has 132 valence electrons. The lowest BCUT2D eigenvalue weighted by molar-refractivity contribution is 0.246. The lowest BCUT2D eigenvalue weighted by Crippen LogP contribution is -2.17. The number of hydrogen-bond acceptors (Lipinski definition) is 0. The summed E-state index contributed by atoms with van der Waals surface area (Å²) in [5, 5.41) is 0.858. The molecule has 3 rings (SSSR count). The summed E-state index contributed by atoms with van der Waals surface area (Å²) in [6, 6.07) is 8.56. The maximum Gasteiger partial charge on any atom is 0.0406 e. The van der Waals surface area contributed by atoms with Gasteiger partial charge in [0.15, 0.2) is 0 Å². The van der Waals surface area contributed by atoms with Crippen LogP contribution in [0, 0.1) is 17.8 Å². The van der Waals surface area contributed by atoms with Crippen molar-refractivity contribution >= 4 is 11.6 Å². The molecule has 0 unspecified atom stereocenters. The van der Waals surface area contributed by atoms with Crippen molar-refractivity contribution in [1.82, 2.24) is 0 Å². The molecule has 0 N–H and O–H groups in total. The van der Waals surface area contributed by atoms with Gasteiger partial charge in [-0.3, -0.25) is 0 Å². The van der Waals surface area contributed by atoms with Crippen molar-refractivity contribution in [2.75, 3.05) is 0 Å². The average molecular weight is 345 g/mol. The molecule has 1 heteroatoms. The first kappa shape index (κ1) is 18.1. The minimum absolute atomic E-state index is 0.773. The van der Waals surface area contributed by atoms with Gasteiger partial charge in [0.05, 0.1) is 0 Å². The smallest absolute Gasteiger partial charge is 0.0406 e. The Labute approximate surface area is 153 Å². The lowest BCUT2D eigenvalue weighted by Gasteiger charge is -2.31. The van der Waals surface area contributed by atoms with Gasteiger partial charge < -0.3 is 0 Å². The van der Waals surface area contributed by atoms with Crippen LogP contribution in [0.15, 0.2) is 36.4 Å². The van der Waals surface area contributed by atoms with Crippen molar-refractivity contribution < 1.29 is 0 Å². The third kappa shape index (κ3) is 5.12. The van der Waals surface area contributed by atoms with Crippen LogP contribution in [0.25, 0.3) is 0 Å². The summed E-state index contributed by atoms with van der Waals surface area (Å²) in [5.74, 6) is 3.65. The molecule has 0 nitrogen and oxygen atoms in total. The van der Waals surface area contributed by atoms with E-state index >= 15 is 0 Å². The van der Waals surface area contributed by atoms with E-state index < -0.39 is 0 Å². The van der Waals surface area contributed by atoms with Gasteiger partial charge >= 0.3 is 0 Å². The topological polar surface area (TPSA) is 0 Å². The molecule has 0 bridgehead atoms. The van der Waals surface area contributed by atoms with Gasteiger partial charge in [-0.2, -0.15) is 0 Å². The van der Waals surface area contributed by atoms with Crippen LogP contribution in [0.4, 0.5) is 0 Å². The summed E-state index contributed by atoms with van der Waals surface area (Å²) in [7, 11) is 0. The van der Waals surface area contributed by atoms with Gasteiger partial charge in [-0.15, -0.1) is 0 Å². The van der Waals surface area contributed by atoms with E-state index in [2.05, 4.69) is 31.2 Å². The number of hydrogen-bond donors (Lipinski definition) is 0. The number of allylic oxidation sites excluding steroid dienone is 2. The zero-order chi connectivity index (χ0) is 16.8. The fourth-order valence-electron chi connectivity index (χ4n) is 4.93. The summed E-state index contributed by atoms with van der Waals surface area (Å²) in [6.45, 7) is 2.16. The van der Waals surface area contributed by atoms with Gasteiger partial charge in [0.1, 0.15) is 0 Å². The molecule has 1 aromatic carbocycles. The van der Waals surface area contributed by atoms with Crippen LogP contribution in [-0.2, 0) is 0 Å².